The van der Waals surface area contributed by atoms with Crippen LogP contribution in [0.2, 0.25) is 5.02 Å². The molecule has 0 saturated carbocycles. The molecule has 9 nitrogen and oxygen atoms in total. The molecule has 0 bridgehead atoms. The van der Waals surface area contributed by atoms with Crippen molar-refractivity contribution < 1.29 is 4.79 Å². The van der Waals surface area contributed by atoms with Crippen LogP contribution in [-0.2, 0) is 27.1 Å². The monoisotopic (exact) mass is 600 g/mol. The zero-order valence-electron chi connectivity index (χ0n) is 25.0. The maximum Gasteiger partial charge on any atom is 0.330 e. The smallest absolute Gasteiger partial charge is 0.322 e. The molecule has 43 heavy (non-hydrogen) atoms. The zero-order chi connectivity index (χ0) is 30.7. The summed E-state index contributed by atoms with van der Waals surface area (Å²) >= 11 is 7.04. The SMILES string of the molecule is CCc1nc(-c2cccc(-c3cccc(NC(=O)c4cn(C)c(=O)n(C)c4=O)c3C)c2Cl)ccc1CNC[C@@H]1CCCN1. The second-order valence-electron chi connectivity index (χ2n) is 11.0. The molecule has 1 atom stereocenters. The van der Waals surface area contributed by atoms with Gasteiger partial charge < -0.3 is 20.5 Å². The maximum atomic E-state index is 13.1. The molecule has 224 valence electrons. The zero-order valence-corrected chi connectivity index (χ0v) is 25.7. The van der Waals surface area contributed by atoms with Gasteiger partial charge in [0, 0.05) is 61.9 Å². The topological polar surface area (TPSA) is 110 Å². The summed E-state index contributed by atoms with van der Waals surface area (Å²) in [5, 5.41) is 10.5. The first-order valence-electron chi connectivity index (χ1n) is 14.6. The lowest BCUT2D eigenvalue weighted by Crippen LogP contribution is -2.40. The molecule has 2 aromatic heterocycles. The molecule has 0 unspecified atom stereocenters. The molecular weight excluding hydrogens is 564 g/mol. The van der Waals surface area contributed by atoms with Gasteiger partial charge in [0.2, 0.25) is 0 Å². The molecule has 1 aliphatic heterocycles. The molecule has 2 aromatic carbocycles. The number of anilines is 1. The van der Waals surface area contributed by atoms with E-state index in [1.165, 1.54) is 43.3 Å². The molecule has 1 saturated heterocycles. The third-order valence-electron chi connectivity index (χ3n) is 8.11. The average Bonchev–Trinajstić information content (AvgIpc) is 3.53. The first kappa shape index (κ1) is 30.4. The summed E-state index contributed by atoms with van der Waals surface area (Å²) in [6, 6.07) is 16.1. The van der Waals surface area contributed by atoms with E-state index in [4.69, 9.17) is 16.6 Å². The van der Waals surface area contributed by atoms with Gasteiger partial charge in [-0.05, 0) is 61.6 Å². The molecule has 1 amide bonds. The van der Waals surface area contributed by atoms with Crippen LogP contribution in [0.5, 0.6) is 0 Å². The van der Waals surface area contributed by atoms with Gasteiger partial charge in [0.25, 0.3) is 11.5 Å². The van der Waals surface area contributed by atoms with Gasteiger partial charge in [-0.3, -0.25) is 19.1 Å². The number of amides is 1. The van der Waals surface area contributed by atoms with Crippen LogP contribution < -0.4 is 27.2 Å². The maximum absolute atomic E-state index is 13.1. The highest BCUT2D eigenvalue weighted by Crippen LogP contribution is 2.39. The van der Waals surface area contributed by atoms with E-state index in [9.17, 15) is 14.4 Å². The predicted octanol–water partition coefficient (Wildman–Crippen LogP) is 4.43. The van der Waals surface area contributed by atoms with E-state index < -0.39 is 17.2 Å². The number of hydrogen-bond donors (Lipinski definition) is 3. The van der Waals surface area contributed by atoms with Crippen molar-refractivity contribution in [1.82, 2.24) is 24.8 Å². The summed E-state index contributed by atoms with van der Waals surface area (Å²) in [5.41, 5.74) is 5.54. The fourth-order valence-corrected chi connectivity index (χ4v) is 5.94. The quantitative estimate of drug-likeness (QED) is 0.262. The number of nitrogens with one attached hydrogen (secondary N) is 3. The highest BCUT2D eigenvalue weighted by molar-refractivity contribution is 6.36. The third-order valence-corrected chi connectivity index (χ3v) is 8.52. The molecule has 3 heterocycles. The molecule has 3 N–H and O–H groups in total. The van der Waals surface area contributed by atoms with E-state index in [1.54, 1.807) is 6.07 Å². The van der Waals surface area contributed by atoms with Gasteiger partial charge in [0.1, 0.15) is 5.56 Å². The number of carbonyl (C=O) groups is 1. The van der Waals surface area contributed by atoms with Crippen molar-refractivity contribution >= 4 is 23.2 Å². The Kier molecular flexibility index (Phi) is 9.25. The lowest BCUT2D eigenvalue weighted by Gasteiger charge is -2.17. The molecule has 0 spiro atoms. The Morgan fingerprint density at radius 2 is 1.81 bits per heavy atom. The van der Waals surface area contributed by atoms with Crippen LogP contribution in [0.25, 0.3) is 22.4 Å². The second kappa shape index (κ2) is 13.1. The number of rotatable bonds is 9. The number of halogens is 1. The molecule has 1 fully saturated rings. The Morgan fingerprint density at radius 1 is 1.07 bits per heavy atom. The minimum atomic E-state index is -0.656. The minimum absolute atomic E-state index is 0.124. The number of aryl methyl sites for hydroxylation is 2. The molecule has 0 radical (unpaired) electrons. The molecular formula is C33H37ClN6O3. The Balaban J connectivity index is 1.41. The van der Waals surface area contributed by atoms with Crippen LogP contribution in [0, 0.1) is 6.92 Å². The van der Waals surface area contributed by atoms with Crippen molar-refractivity contribution in [2.75, 3.05) is 18.4 Å². The summed E-state index contributed by atoms with van der Waals surface area (Å²) in [6.07, 6.45) is 4.51. The number of aromatic nitrogens is 3. The van der Waals surface area contributed by atoms with Crippen molar-refractivity contribution in [3.05, 3.63) is 103 Å². The largest absolute Gasteiger partial charge is 0.330 e. The number of carbonyl (C=O) groups excluding carboxylic acids is 1. The van der Waals surface area contributed by atoms with E-state index in [0.717, 1.165) is 64.3 Å². The van der Waals surface area contributed by atoms with Crippen molar-refractivity contribution in [3.8, 4) is 22.4 Å². The molecule has 4 aromatic rings. The number of nitrogens with zero attached hydrogens (tertiary/aromatic N) is 3. The number of benzene rings is 2. The van der Waals surface area contributed by atoms with Gasteiger partial charge in [0.15, 0.2) is 0 Å². The molecule has 5 rings (SSSR count). The predicted molar refractivity (Wildman–Crippen MR) is 172 cm³/mol. The number of hydrogen-bond acceptors (Lipinski definition) is 6. The summed E-state index contributed by atoms with van der Waals surface area (Å²) in [4.78, 5) is 42.7. The Bertz CT molecular complexity index is 1790. The van der Waals surface area contributed by atoms with Crippen molar-refractivity contribution in [3.63, 3.8) is 0 Å². The van der Waals surface area contributed by atoms with Crippen LogP contribution in [0.15, 0.2) is 64.3 Å². The average molecular weight is 601 g/mol. The Hall–Kier alpha value is -4.05. The van der Waals surface area contributed by atoms with Crippen LogP contribution in [0.1, 0.15) is 46.9 Å². The van der Waals surface area contributed by atoms with Crippen molar-refractivity contribution in [2.24, 2.45) is 14.1 Å². The molecule has 0 aliphatic carbocycles. The van der Waals surface area contributed by atoms with Gasteiger partial charge in [-0.25, -0.2) is 4.79 Å². The van der Waals surface area contributed by atoms with Crippen molar-refractivity contribution in [1.29, 1.82) is 0 Å². The van der Waals surface area contributed by atoms with E-state index in [1.807, 2.05) is 43.3 Å². The Morgan fingerprint density at radius 3 is 2.56 bits per heavy atom. The van der Waals surface area contributed by atoms with Crippen molar-refractivity contribution in [2.45, 2.75) is 45.7 Å². The lowest BCUT2D eigenvalue weighted by atomic mass is 9.96. The van der Waals surface area contributed by atoms with Gasteiger partial charge in [0.05, 0.1) is 10.7 Å². The van der Waals surface area contributed by atoms with Crippen LogP contribution in [0.4, 0.5) is 5.69 Å². The van der Waals surface area contributed by atoms with Gasteiger partial charge in [-0.1, -0.05) is 54.9 Å². The minimum Gasteiger partial charge on any atom is -0.322 e. The summed E-state index contributed by atoms with van der Waals surface area (Å²) in [6.45, 7) is 6.81. The fraction of sp³-hybridized carbons (Fsp3) is 0.333. The van der Waals surface area contributed by atoms with E-state index in [2.05, 4.69) is 28.9 Å². The second-order valence-corrected chi connectivity index (χ2v) is 11.4. The third kappa shape index (κ3) is 6.34. The van der Waals surface area contributed by atoms with Gasteiger partial charge >= 0.3 is 5.69 Å². The number of pyridine rings is 1. The van der Waals surface area contributed by atoms with Crippen LogP contribution >= 0.6 is 11.6 Å². The summed E-state index contributed by atoms with van der Waals surface area (Å²) < 4.78 is 2.12. The highest BCUT2D eigenvalue weighted by atomic mass is 35.5. The van der Waals surface area contributed by atoms with E-state index >= 15 is 0 Å². The standard InChI is InChI=1S/C33H37ClN6O3/c1-5-27-21(17-35-18-22-9-8-16-36-22)14-15-29(37-27)25-12-6-11-24(30(25)34)23-10-7-13-28(20(23)2)38-31(41)26-19-39(3)33(43)40(4)32(26)42/h6-7,10-15,19,22,35-36H,5,8-9,16-18H2,1-4H3,(H,38,41)/t22-/m0/s1. The lowest BCUT2D eigenvalue weighted by molar-refractivity contribution is 0.102. The van der Waals surface area contributed by atoms with E-state index in [-0.39, 0.29) is 5.56 Å². The first-order chi connectivity index (χ1) is 20.7. The van der Waals surface area contributed by atoms with Crippen LogP contribution in [-0.4, -0.2) is 39.2 Å². The Labute approximate surface area is 255 Å². The summed E-state index contributed by atoms with van der Waals surface area (Å²) in [5.74, 6) is -0.596. The van der Waals surface area contributed by atoms with Gasteiger partial charge in [-0.2, -0.15) is 0 Å². The van der Waals surface area contributed by atoms with E-state index in [0.29, 0.717) is 16.8 Å². The fourth-order valence-electron chi connectivity index (χ4n) is 5.61. The molecule has 10 heteroatoms. The molecule has 1 aliphatic rings. The van der Waals surface area contributed by atoms with Gasteiger partial charge in [-0.15, -0.1) is 0 Å². The highest BCUT2D eigenvalue weighted by Gasteiger charge is 2.19. The first-order valence-corrected chi connectivity index (χ1v) is 15.0. The normalized spacial score (nSPS) is 14.7. The summed E-state index contributed by atoms with van der Waals surface area (Å²) in [7, 11) is 2.84. The van der Waals surface area contributed by atoms with Crippen LogP contribution in [0.3, 0.4) is 0 Å².